The fourth-order valence-electron chi connectivity index (χ4n) is 4.34. The van der Waals surface area contributed by atoms with Gasteiger partial charge in [-0.25, -0.2) is 0 Å². The highest BCUT2D eigenvalue weighted by Gasteiger charge is 1.98. The maximum absolute atomic E-state index is 10.1. The summed E-state index contributed by atoms with van der Waals surface area (Å²) >= 11 is 0. The average Bonchev–Trinajstić information content (AvgIpc) is 3.17. The summed E-state index contributed by atoms with van der Waals surface area (Å²) in [5.74, 6) is -2.66. The van der Waals surface area contributed by atoms with Crippen LogP contribution in [0.4, 0.5) is 0 Å². The molecule has 0 aromatic heterocycles. The first-order valence-corrected chi connectivity index (χ1v) is 21.4. The lowest BCUT2D eigenvalue weighted by molar-refractivity contribution is -0.138. The van der Waals surface area contributed by atoms with Crippen LogP contribution in [0.5, 0.6) is 0 Å². The number of aliphatic hydroxyl groups excluding tert-OH is 6. The van der Waals surface area contributed by atoms with Crippen LogP contribution in [0.1, 0.15) is 207 Å². The Labute approximate surface area is 339 Å². The topological polar surface area (TPSA) is 271 Å². The first-order chi connectivity index (χ1) is 26.7. The molecule has 0 amide bonds. The van der Waals surface area contributed by atoms with Crippen molar-refractivity contribution in [1.29, 1.82) is 0 Å². The molecule has 0 aromatic carbocycles. The third kappa shape index (κ3) is 93.5. The molecular weight excluding hydrogens is 728 g/mol. The van der Waals surface area contributed by atoms with Crippen LogP contribution >= 0.6 is 0 Å². The van der Waals surface area contributed by atoms with E-state index in [4.69, 9.17) is 51.1 Å². The van der Waals surface area contributed by atoms with E-state index >= 15 is 0 Å². The van der Waals surface area contributed by atoms with E-state index in [9.17, 15) is 19.2 Å². The summed E-state index contributed by atoms with van der Waals surface area (Å²) in [6.07, 6.45) is 27.1. The van der Waals surface area contributed by atoms with Gasteiger partial charge in [-0.05, 0) is 25.7 Å². The molecule has 10 N–H and O–H groups in total. The van der Waals surface area contributed by atoms with E-state index < -0.39 is 36.1 Å². The summed E-state index contributed by atoms with van der Waals surface area (Å²) in [6.45, 7) is 7.25. The third-order valence-electron chi connectivity index (χ3n) is 7.82. The number of unbranched alkanes of at least 4 members (excludes halogenated alkanes) is 20. The van der Waals surface area contributed by atoms with Crippen LogP contribution in [0.2, 0.25) is 0 Å². The number of carboxylic acid groups (broad SMARTS) is 4. The Morgan fingerprint density at radius 2 is 0.446 bits per heavy atom. The lowest BCUT2D eigenvalue weighted by Crippen LogP contribution is -2.15. The minimum atomic E-state index is -0.954. The molecule has 14 heteroatoms. The lowest BCUT2D eigenvalue weighted by atomic mass is 10.1. The van der Waals surface area contributed by atoms with Crippen molar-refractivity contribution in [2.45, 2.75) is 220 Å². The number of carbonyl (C=O) groups is 4. The van der Waals surface area contributed by atoms with Crippen molar-refractivity contribution in [3.05, 3.63) is 0 Å². The van der Waals surface area contributed by atoms with Crippen LogP contribution in [0.3, 0.4) is 0 Å². The SMILES string of the molecule is CCCCCCCCC(=O)O.CCCCCCCCC(=O)O.CCCCCCCCC(=O)O.CCCCCCCCC(=O)O.OCC(O)CO.OCC(O)CO. The molecule has 0 aliphatic heterocycles. The van der Waals surface area contributed by atoms with Crippen molar-refractivity contribution < 1.29 is 70.2 Å². The monoisotopic (exact) mass is 817 g/mol. The number of hydrogen-bond donors (Lipinski definition) is 10. The van der Waals surface area contributed by atoms with E-state index in [-0.39, 0.29) is 26.4 Å². The van der Waals surface area contributed by atoms with Crippen LogP contribution in [0.15, 0.2) is 0 Å². The molecule has 0 spiro atoms. The summed E-state index contributed by atoms with van der Waals surface area (Å²) in [5, 5.41) is 81.3. The van der Waals surface area contributed by atoms with E-state index in [2.05, 4.69) is 27.7 Å². The van der Waals surface area contributed by atoms with E-state index in [0.717, 1.165) is 51.4 Å². The molecule has 340 valence electrons. The molecule has 0 saturated heterocycles. The lowest BCUT2D eigenvalue weighted by Gasteiger charge is -1.97. The predicted octanol–water partition coefficient (Wildman–Crippen LogP) is 7.95. The van der Waals surface area contributed by atoms with Gasteiger partial charge in [0.15, 0.2) is 0 Å². The van der Waals surface area contributed by atoms with Gasteiger partial charge in [-0.15, -0.1) is 0 Å². The number of aliphatic carboxylic acids is 4. The van der Waals surface area contributed by atoms with Crippen molar-refractivity contribution in [3.63, 3.8) is 0 Å². The molecule has 0 heterocycles. The Morgan fingerprint density at radius 1 is 0.304 bits per heavy atom. The number of aliphatic hydroxyl groups is 6. The van der Waals surface area contributed by atoms with Crippen molar-refractivity contribution in [2.24, 2.45) is 0 Å². The zero-order chi connectivity index (χ0) is 44.1. The Morgan fingerprint density at radius 3 is 0.554 bits per heavy atom. The van der Waals surface area contributed by atoms with Gasteiger partial charge in [0.25, 0.3) is 0 Å². The largest absolute Gasteiger partial charge is 0.481 e. The number of hydrogen-bond acceptors (Lipinski definition) is 10. The van der Waals surface area contributed by atoms with Crippen LogP contribution in [-0.2, 0) is 19.2 Å². The van der Waals surface area contributed by atoms with Gasteiger partial charge in [0.1, 0.15) is 12.2 Å². The van der Waals surface area contributed by atoms with Gasteiger partial charge in [-0.1, -0.05) is 156 Å². The maximum Gasteiger partial charge on any atom is 0.303 e. The van der Waals surface area contributed by atoms with Crippen molar-refractivity contribution in [2.75, 3.05) is 26.4 Å². The highest BCUT2D eigenvalue weighted by atomic mass is 16.4. The fourth-order valence-corrected chi connectivity index (χ4v) is 4.34. The minimum Gasteiger partial charge on any atom is -0.481 e. The fraction of sp³-hybridized carbons (Fsp3) is 0.905. The summed E-state index contributed by atoms with van der Waals surface area (Å²) in [7, 11) is 0. The predicted molar refractivity (Wildman–Crippen MR) is 223 cm³/mol. The van der Waals surface area contributed by atoms with E-state index in [1.807, 2.05) is 0 Å². The Hall–Kier alpha value is -2.36. The van der Waals surface area contributed by atoms with Gasteiger partial charge in [-0.3, -0.25) is 19.2 Å². The first kappa shape index (κ1) is 65.5. The van der Waals surface area contributed by atoms with Gasteiger partial charge in [-0.2, -0.15) is 0 Å². The summed E-state index contributed by atoms with van der Waals surface area (Å²) < 4.78 is 0. The van der Waals surface area contributed by atoms with Crippen LogP contribution in [0, 0.1) is 0 Å². The molecule has 56 heavy (non-hydrogen) atoms. The minimum absolute atomic E-state index is 0.339. The second kappa shape index (κ2) is 61.9. The molecule has 0 aromatic rings. The Balaban J connectivity index is -0.000000136. The zero-order valence-corrected chi connectivity index (χ0v) is 35.9. The van der Waals surface area contributed by atoms with E-state index in [1.54, 1.807) is 0 Å². The van der Waals surface area contributed by atoms with E-state index in [1.165, 1.54) is 103 Å². The van der Waals surface area contributed by atoms with Gasteiger partial charge in [0.05, 0.1) is 26.4 Å². The molecule has 0 saturated carbocycles. The van der Waals surface area contributed by atoms with Gasteiger partial charge in [0, 0.05) is 25.7 Å². The van der Waals surface area contributed by atoms with E-state index in [0.29, 0.717) is 25.7 Å². The van der Waals surface area contributed by atoms with Crippen LogP contribution < -0.4 is 0 Å². The molecule has 0 aliphatic rings. The molecule has 0 aliphatic carbocycles. The maximum atomic E-state index is 10.1. The average molecular weight is 817 g/mol. The van der Waals surface area contributed by atoms with Crippen molar-refractivity contribution in [3.8, 4) is 0 Å². The highest BCUT2D eigenvalue weighted by molar-refractivity contribution is 5.67. The normalized spacial score (nSPS) is 9.93. The van der Waals surface area contributed by atoms with Crippen LogP contribution in [0.25, 0.3) is 0 Å². The second-order valence-electron chi connectivity index (χ2n) is 13.7. The number of carboxylic acids is 4. The van der Waals surface area contributed by atoms with Crippen molar-refractivity contribution >= 4 is 23.9 Å². The molecule has 0 unspecified atom stereocenters. The quantitative estimate of drug-likeness (QED) is 0.0289. The first-order valence-electron chi connectivity index (χ1n) is 21.4. The Kier molecular flexibility index (Phi) is 72.3. The molecule has 0 atom stereocenters. The second-order valence-corrected chi connectivity index (χ2v) is 13.7. The summed E-state index contributed by atoms with van der Waals surface area (Å²) in [4.78, 5) is 40.4. The number of rotatable bonds is 32. The van der Waals surface area contributed by atoms with Gasteiger partial charge >= 0.3 is 23.9 Å². The molecule has 0 radical (unpaired) electrons. The molecule has 14 nitrogen and oxygen atoms in total. The molecule has 0 bridgehead atoms. The Bertz CT molecular complexity index is 646. The zero-order valence-electron chi connectivity index (χ0n) is 35.9. The highest BCUT2D eigenvalue weighted by Crippen LogP contribution is 2.09. The van der Waals surface area contributed by atoms with Crippen molar-refractivity contribution in [1.82, 2.24) is 0 Å². The third-order valence-corrected chi connectivity index (χ3v) is 7.82. The molecule has 0 rings (SSSR count). The van der Waals surface area contributed by atoms with Crippen LogP contribution in [-0.4, -0.2) is 114 Å². The smallest absolute Gasteiger partial charge is 0.303 e. The standard InChI is InChI=1S/4C9H18O2.2C3H8O3/c4*1-2-3-4-5-6-7-8-9(10)11;2*4-1-3(6)2-5/h4*2-8H2,1H3,(H,10,11);2*3-6H,1-2H2. The summed E-state index contributed by atoms with van der Waals surface area (Å²) in [6, 6.07) is 0. The molecular formula is C42H88O14. The van der Waals surface area contributed by atoms with Gasteiger partial charge < -0.3 is 51.1 Å². The molecule has 0 fully saturated rings. The summed E-state index contributed by atoms with van der Waals surface area (Å²) in [5.41, 5.74) is 0. The van der Waals surface area contributed by atoms with Gasteiger partial charge in [0.2, 0.25) is 0 Å².